The lowest BCUT2D eigenvalue weighted by Gasteiger charge is -2.05. The molecule has 0 bridgehead atoms. The largest absolute Gasteiger partial charge is 0.492 e. The fraction of sp³-hybridized carbons (Fsp3) is 0.400. The van der Waals surface area contributed by atoms with Crippen LogP contribution in [0, 0.1) is 5.82 Å². The van der Waals surface area contributed by atoms with Crippen LogP contribution < -0.4 is 4.74 Å². The molecular weight excluding hydrogens is 171 g/mol. The molecular formula is C10H11FO2. The smallest absolute Gasteiger partial charge is 0.126 e. The summed E-state index contributed by atoms with van der Waals surface area (Å²) >= 11 is 0. The maximum absolute atomic E-state index is 12.8. The van der Waals surface area contributed by atoms with Crippen molar-refractivity contribution in [1.82, 2.24) is 0 Å². The summed E-state index contributed by atoms with van der Waals surface area (Å²) in [7, 11) is 1.65. The molecule has 0 saturated heterocycles. The number of hydrogen-bond donors (Lipinski definition) is 0. The minimum Gasteiger partial charge on any atom is -0.492 e. The van der Waals surface area contributed by atoms with E-state index in [2.05, 4.69) is 0 Å². The molecule has 70 valence electrons. The SMILES string of the molecule is COC[C@H]1COc2cc(F)ccc21. The van der Waals surface area contributed by atoms with Crippen molar-refractivity contribution in [2.75, 3.05) is 20.3 Å². The highest BCUT2D eigenvalue weighted by Gasteiger charge is 2.23. The molecule has 1 aromatic rings. The van der Waals surface area contributed by atoms with E-state index in [1.54, 1.807) is 13.2 Å². The molecule has 0 radical (unpaired) electrons. The molecule has 0 N–H and O–H groups in total. The van der Waals surface area contributed by atoms with Gasteiger partial charge in [-0.3, -0.25) is 0 Å². The summed E-state index contributed by atoms with van der Waals surface area (Å²) in [6, 6.07) is 4.64. The topological polar surface area (TPSA) is 18.5 Å². The van der Waals surface area contributed by atoms with Gasteiger partial charge in [0, 0.05) is 24.7 Å². The van der Waals surface area contributed by atoms with Crippen molar-refractivity contribution in [2.45, 2.75) is 5.92 Å². The van der Waals surface area contributed by atoms with Crippen LogP contribution in [-0.2, 0) is 4.74 Å². The summed E-state index contributed by atoms with van der Waals surface area (Å²) in [5.74, 6) is 0.652. The van der Waals surface area contributed by atoms with Crippen LogP contribution in [0.15, 0.2) is 18.2 Å². The van der Waals surface area contributed by atoms with E-state index in [0.29, 0.717) is 19.0 Å². The van der Waals surface area contributed by atoms with Gasteiger partial charge in [-0.2, -0.15) is 0 Å². The Labute approximate surface area is 76.3 Å². The Hall–Kier alpha value is -1.09. The quantitative estimate of drug-likeness (QED) is 0.696. The van der Waals surface area contributed by atoms with E-state index in [0.717, 1.165) is 5.56 Å². The van der Waals surface area contributed by atoms with E-state index in [1.165, 1.54) is 12.1 Å². The maximum Gasteiger partial charge on any atom is 0.126 e. The number of methoxy groups -OCH3 is 1. The Morgan fingerprint density at radius 3 is 3.23 bits per heavy atom. The fourth-order valence-electron chi connectivity index (χ4n) is 1.59. The minimum atomic E-state index is -0.253. The first-order chi connectivity index (χ1) is 6.31. The summed E-state index contributed by atoms with van der Waals surface area (Å²) in [4.78, 5) is 0. The van der Waals surface area contributed by atoms with Crippen LogP contribution in [0.1, 0.15) is 11.5 Å². The molecule has 2 rings (SSSR count). The van der Waals surface area contributed by atoms with E-state index in [9.17, 15) is 4.39 Å². The predicted octanol–water partition coefficient (Wildman–Crippen LogP) is 1.95. The van der Waals surface area contributed by atoms with Gasteiger partial charge in [-0.15, -0.1) is 0 Å². The number of ether oxygens (including phenoxy) is 2. The van der Waals surface area contributed by atoms with Gasteiger partial charge in [0.05, 0.1) is 13.2 Å². The van der Waals surface area contributed by atoms with E-state index < -0.39 is 0 Å². The standard InChI is InChI=1S/C10H11FO2/c1-12-5-7-6-13-10-4-8(11)2-3-9(7)10/h2-4,7H,5-6H2,1H3/t7-/m0/s1. The molecule has 0 amide bonds. The van der Waals surface area contributed by atoms with Crippen LogP contribution in [0.25, 0.3) is 0 Å². The highest BCUT2D eigenvalue weighted by Crippen LogP contribution is 2.34. The first kappa shape index (κ1) is 8.51. The molecule has 0 fully saturated rings. The number of rotatable bonds is 2. The third kappa shape index (κ3) is 1.52. The Bertz CT molecular complexity index is 312. The average molecular weight is 182 g/mol. The molecule has 0 unspecified atom stereocenters. The van der Waals surface area contributed by atoms with Crippen LogP contribution in [0.4, 0.5) is 4.39 Å². The van der Waals surface area contributed by atoms with E-state index in [-0.39, 0.29) is 11.7 Å². The van der Waals surface area contributed by atoms with Crippen molar-refractivity contribution < 1.29 is 13.9 Å². The first-order valence-corrected chi connectivity index (χ1v) is 4.22. The number of hydrogen-bond acceptors (Lipinski definition) is 2. The van der Waals surface area contributed by atoms with E-state index in [1.807, 2.05) is 0 Å². The summed E-state index contributed by atoms with van der Waals surface area (Å²) in [5.41, 5.74) is 1.04. The first-order valence-electron chi connectivity index (χ1n) is 4.22. The third-order valence-corrected chi connectivity index (χ3v) is 2.22. The fourth-order valence-corrected chi connectivity index (χ4v) is 1.59. The minimum absolute atomic E-state index is 0.251. The van der Waals surface area contributed by atoms with Gasteiger partial charge in [0.1, 0.15) is 11.6 Å². The monoisotopic (exact) mass is 182 g/mol. The lowest BCUT2D eigenvalue weighted by Crippen LogP contribution is -2.07. The zero-order valence-electron chi connectivity index (χ0n) is 7.42. The molecule has 0 spiro atoms. The van der Waals surface area contributed by atoms with Crippen molar-refractivity contribution in [3.05, 3.63) is 29.6 Å². The molecule has 0 aromatic heterocycles. The van der Waals surface area contributed by atoms with Crippen LogP contribution in [-0.4, -0.2) is 20.3 Å². The van der Waals surface area contributed by atoms with Gasteiger partial charge in [0.2, 0.25) is 0 Å². The van der Waals surface area contributed by atoms with Crippen LogP contribution in [0.2, 0.25) is 0 Å². The zero-order chi connectivity index (χ0) is 9.26. The second-order valence-electron chi connectivity index (χ2n) is 3.15. The summed E-state index contributed by atoms with van der Waals surface area (Å²) in [5, 5.41) is 0. The molecule has 1 atom stereocenters. The Balaban J connectivity index is 2.27. The summed E-state index contributed by atoms with van der Waals surface area (Å²) in [6.07, 6.45) is 0. The molecule has 0 saturated carbocycles. The zero-order valence-corrected chi connectivity index (χ0v) is 7.42. The Kier molecular flexibility index (Phi) is 2.19. The van der Waals surface area contributed by atoms with E-state index >= 15 is 0 Å². The van der Waals surface area contributed by atoms with Crippen molar-refractivity contribution >= 4 is 0 Å². The molecule has 1 aliphatic rings. The van der Waals surface area contributed by atoms with Crippen molar-refractivity contribution in [2.24, 2.45) is 0 Å². The highest BCUT2D eigenvalue weighted by atomic mass is 19.1. The van der Waals surface area contributed by atoms with Gasteiger partial charge in [0.15, 0.2) is 0 Å². The number of benzene rings is 1. The second-order valence-corrected chi connectivity index (χ2v) is 3.15. The van der Waals surface area contributed by atoms with Crippen LogP contribution in [0.3, 0.4) is 0 Å². The van der Waals surface area contributed by atoms with Gasteiger partial charge in [0.25, 0.3) is 0 Å². The molecule has 1 aliphatic heterocycles. The molecule has 0 aliphatic carbocycles. The number of halogens is 1. The lowest BCUT2D eigenvalue weighted by atomic mass is 10.0. The third-order valence-electron chi connectivity index (χ3n) is 2.22. The molecule has 1 aromatic carbocycles. The molecule has 13 heavy (non-hydrogen) atoms. The molecule has 3 heteroatoms. The molecule has 2 nitrogen and oxygen atoms in total. The van der Waals surface area contributed by atoms with Gasteiger partial charge < -0.3 is 9.47 Å². The summed E-state index contributed by atoms with van der Waals surface area (Å²) < 4.78 is 23.1. The molecule has 1 heterocycles. The van der Waals surface area contributed by atoms with Gasteiger partial charge in [-0.05, 0) is 6.07 Å². The Morgan fingerprint density at radius 1 is 1.62 bits per heavy atom. The number of fused-ring (bicyclic) bond motifs is 1. The van der Waals surface area contributed by atoms with Crippen molar-refractivity contribution in [3.63, 3.8) is 0 Å². The maximum atomic E-state index is 12.8. The van der Waals surface area contributed by atoms with Crippen LogP contribution in [0.5, 0.6) is 5.75 Å². The normalized spacial score (nSPS) is 19.7. The lowest BCUT2D eigenvalue weighted by molar-refractivity contribution is 0.166. The second kappa shape index (κ2) is 3.34. The van der Waals surface area contributed by atoms with Crippen molar-refractivity contribution in [3.8, 4) is 5.75 Å². The van der Waals surface area contributed by atoms with Crippen molar-refractivity contribution in [1.29, 1.82) is 0 Å². The van der Waals surface area contributed by atoms with Gasteiger partial charge in [-0.1, -0.05) is 6.07 Å². The van der Waals surface area contributed by atoms with E-state index in [4.69, 9.17) is 9.47 Å². The predicted molar refractivity (Wildman–Crippen MR) is 46.5 cm³/mol. The van der Waals surface area contributed by atoms with Gasteiger partial charge >= 0.3 is 0 Å². The van der Waals surface area contributed by atoms with Crippen LogP contribution >= 0.6 is 0 Å². The average Bonchev–Trinajstić information content (AvgIpc) is 2.49. The Morgan fingerprint density at radius 2 is 2.46 bits per heavy atom. The van der Waals surface area contributed by atoms with Gasteiger partial charge in [-0.25, -0.2) is 4.39 Å². The summed E-state index contributed by atoms with van der Waals surface area (Å²) in [6.45, 7) is 1.21. The highest BCUT2D eigenvalue weighted by molar-refractivity contribution is 5.40.